The molecule has 0 aliphatic heterocycles. The van der Waals surface area contributed by atoms with E-state index in [4.69, 9.17) is 4.74 Å². The standard InChI is InChI=1S/C28H39NO3/c1-27(2,3)20-10-12-21(13-11-20)32-24-8-6-7-19-15-18(9-14-22(19)24)17-29-25-16-23(26(30)31)28(25,4)5/h6-9,14-15,20-21,23,25,29H,10-13,16-17H2,1-5H3,(H,30,31). The third kappa shape index (κ3) is 4.66. The van der Waals surface area contributed by atoms with Crippen LogP contribution in [0.2, 0.25) is 0 Å². The molecule has 0 bridgehead atoms. The summed E-state index contributed by atoms with van der Waals surface area (Å²) in [6, 6.07) is 13.1. The number of benzene rings is 2. The number of ether oxygens (including phenoxy) is 1. The fraction of sp³-hybridized carbons (Fsp3) is 0.607. The van der Waals surface area contributed by atoms with Crippen molar-refractivity contribution in [3.05, 3.63) is 42.0 Å². The molecule has 2 atom stereocenters. The maximum Gasteiger partial charge on any atom is 0.307 e. The SMILES string of the molecule is CC(C)(C)C1CCC(Oc2cccc3cc(CNC4CC(C(=O)O)C4(C)C)ccc23)CC1. The molecule has 0 radical (unpaired) electrons. The Bertz CT molecular complexity index is 966. The van der Waals surface area contributed by atoms with Gasteiger partial charge in [-0.15, -0.1) is 0 Å². The topological polar surface area (TPSA) is 58.6 Å². The highest BCUT2D eigenvalue weighted by Crippen LogP contribution is 2.46. The number of rotatable bonds is 6. The molecule has 0 spiro atoms. The van der Waals surface area contributed by atoms with E-state index in [1.165, 1.54) is 29.2 Å². The summed E-state index contributed by atoms with van der Waals surface area (Å²) in [7, 11) is 0. The Kier molecular flexibility index (Phi) is 6.28. The first-order valence-electron chi connectivity index (χ1n) is 12.2. The molecule has 2 N–H and O–H groups in total. The van der Waals surface area contributed by atoms with Gasteiger partial charge in [-0.2, -0.15) is 0 Å². The predicted molar refractivity (Wildman–Crippen MR) is 130 cm³/mol. The Hall–Kier alpha value is -2.07. The molecule has 2 fully saturated rings. The molecule has 2 aliphatic carbocycles. The van der Waals surface area contributed by atoms with E-state index in [9.17, 15) is 9.90 Å². The molecule has 0 heterocycles. The van der Waals surface area contributed by atoms with Crippen molar-refractivity contribution >= 4 is 16.7 Å². The van der Waals surface area contributed by atoms with Crippen LogP contribution in [0.25, 0.3) is 10.8 Å². The molecule has 0 amide bonds. The average molecular weight is 438 g/mol. The monoisotopic (exact) mass is 437 g/mol. The number of carbonyl (C=O) groups is 1. The number of fused-ring (bicyclic) bond motifs is 1. The first kappa shape index (κ1) is 23.1. The largest absolute Gasteiger partial charge is 0.490 e. The second kappa shape index (κ2) is 8.70. The zero-order chi connectivity index (χ0) is 23.1. The summed E-state index contributed by atoms with van der Waals surface area (Å²) < 4.78 is 6.48. The van der Waals surface area contributed by atoms with Gasteiger partial charge < -0.3 is 15.2 Å². The van der Waals surface area contributed by atoms with Gasteiger partial charge in [0.15, 0.2) is 0 Å². The van der Waals surface area contributed by atoms with Crippen molar-refractivity contribution in [3.8, 4) is 5.75 Å². The van der Waals surface area contributed by atoms with Crippen LogP contribution in [0, 0.1) is 22.7 Å². The summed E-state index contributed by atoms with van der Waals surface area (Å²) in [5.74, 6) is 0.843. The van der Waals surface area contributed by atoms with Gasteiger partial charge in [-0.3, -0.25) is 4.79 Å². The van der Waals surface area contributed by atoms with Crippen molar-refractivity contribution < 1.29 is 14.6 Å². The van der Waals surface area contributed by atoms with Crippen molar-refractivity contribution in [2.75, 3.05) is 0 Å². The lowest BCUT2D eigenvalue weighted by Gasteiger charge is -2.50. The summed E-state index contributed by atoms with van der Waals surface area (Å²) in [6.45, 7) is 11.9. The van der Waals surface area contributed by atoms with Gasteiger partial charge in [0.05, 0.1) is 12.0 Å². The molecule has 0 aromatic heterocycles. The van der Waals surface area contributed by atoms with Crippen molar-refractivity contribution in [1.29, 1.82) is 0 Å². The molecular weight excluding hydrogens is 398 g/mol. The predicted octanol–water partition coefficient (Wildman–Crippen LogP) is 6.41. The summed E-state index contributed by atoms with van der Waals surface area (Å²) >= 11 is 0. The number of hydrogen-bond donors (Lipinski definition) is 2. The summed E-state index contributed by atoms with van der Waals surface area (Å²) in [5, 5.41) is 15.3. The highest BCUT2D eigenvalue weighted by Gasteiger charge is 2.51. The zero-order valence-electron chi connectivity index (χ0n) is 20.3. The first-order valence-corrected chi connectivity index (χ1v) is 12.2. The molecule has 174 valence electrons. The average Bonchev–Trinajstić information content (AvgIpc) is 2.72. The van der Waals surface area contributed by atoms with Crippen LogP contribution in [-0.4, -0.2) is 23.2 Å². The number of nitrogens with one attached hydrogen (secondary N) is 1. The normalized spacial score (nSPS) is 27.7. The minimum absolute atomic E-state index is 0.213. The van der Waals surface area contributed by atoms with Crippen LogP contribution >= 0.6 is 0 Å². The van der Waals surface area contributed by atoms with Gasteiger partial charge >= 0.3 is 5.97 Å². The molecule has 0 saturated heterocycles. The highest BCUT2D eigenvalue weighted by molar-refractivity contribution is 5.88. The van der Waals surface area contributed by atoms with Crippen LogP contribution in [0.3, 0.4) is 0 Å². The van der Waals surface area contributed by atoms with Crippen molar-refractivity contribution in [3.63, 3.8) is 0 Å². The van der Waals surface area contributed by atoms with E-state index < -0.39 is 5.97 Å². The summed E-state index contributed by atoms with van der Waals surface area (Å²) in [5.41, 5.74) is 1.39. The number of carboxylic acids is 1. The lowest BCUT2D eigenvalue weighted by molar-refractivity contribution is -0.155. The number of hydrogen-bond acceptors (Lipinski definition) is 3. The fourth-order valence-corrected chi connectivity index (χ4v) is 5.67. The van der Waals surface area contributed by atoms with Gasteiger partial charge in [0.1, 0.15) is 5.75 Å². The second-order valence-electron chi connectivity index (χ2n) is 11.7. The maximum absolute atomic E-state index is 11.4. The lowest BCUT2D eigenvalue weighted by Crippen LogP contribution is -2.58. The van der Waals surface area contributed by atoms with Crippen LogP contribution in [0.4, 0.5) is 0 Å². The zero-order valence-corrected chi connectivity index (χ0v) is 20.3. The van der Waals surface area contributed by atoms with Crippen LogP contribution in [0.15, 0.2) is 36.4 Å². The van der Waals surface area contributed by atoms with E-state index in [0.29, 0.717) is 17.9 Å². The molecule has 4 rings (SSSR count). The van der Waals surface area contributed by atoms with Crippen molar-refractivity contribution in [1.82, 2.24) is 5.32 Å². The highest BCUT2D eigenvalue weighted by atomic mass is 16.5. The van der Waals surface area contributed by atoms with Crippen LogP contribution < -0.4 is 10.1 Å². The van der Waals surface area contributed by atoms with Gasteiger partial charge in [0.2, 0.25) is 0 Å². The van der Waals surface area contributed by atoms with E-state index in [1.807, 2.05) is 13.8 Å². The first-order chi connectivity index (χ1) is 15.1. The minimum Gasteiger partial charge on any atom is -0.490 e. The Morgan fingerprint density at radius 3 is 2.47 bits per heavy atom. The molecule has 32 heavy (non-hydrogen) atoms. The Balaban J connectivity index is 1.38. The molecule has 2 aromatic carbocycles. The lowest BCUT2D eigenvalue weighted by atomic mass is 9.58. The van der Waals surface area contributed by atoms with E-state index in [1.54, 1.807) is 0 Å². The van der Waals surface area contributed by atoms with E-state index in [-0.39, 0.29) is 17.4 Å². The van der Waals surface area contributed by atoms with Gasteiger partial charge in [-0.1, -0.05) is 58.9 Å². The molecular formula is C28H39NO3. The Morgan fingerprint density at radius 1 is 1.12 bits per heavy atom. The summed E-state index contributed by atoms with van der Waals surface area (Å²) in [6.07, 6.45) is 5.77. The van der Waals surface area contributed by atoms with Crippen molar-refractivity contribution in [2.24, 2.45) is 22.7 Å². The van der Waals surface area contributed by atoms with Crippen LogP contribution in [-0.2, 0) is 11.3 Å². The van der Waals surface area contributed by atoms with Gasteiger partial charge in [-0.05, 0) is 71.9 Å². The van der Waals surface area contributed by atoms with Gasteiger partial charge in [0, 0.05) is 18.0 Å². The van der Waals surface area contributed by atoms with Crippen LogP contribution in [0.5, 0.6) is 5.75 Å². The Morgan fingerprint density at radius 2 is 1.84 bits per heavy atom. The fourth-order valence-electron chi connectivity index (χ4n) is 5.67. The van der Waals surface area contributed by atoms with Crippen molar-refractivity contribution in [2.45, 2.75) is 85.4 Å². The third-order valence-corrected chi connectivity index (χ3v) is 8.22. The second-order valence-corrected chi connectivity index (χ2v) is 11.7. The minimum atomic E-state index is -0.682. The third-order valence-electron chi connectivity index (χ3n) is 8.22. The smallest absolute Gasteiger partial charge is 0.307 e. The maximum atomic E-state index is 11.4. The molecule has 2 aromatic rings. The summed E-state index contributed by atoms with van der Waals surface area (Å²) in [4.78, 5) is 11.4. The van der Waals surface area contributed by atoms with E-state index in [2.05, 4.69) is 62.5 Å². The molecule has 2 unspecified atom stereocenters. The van der Waals surface area contributed by atoms with E-state index in [0.717, 1.165) is 31.1 Å². The molecule has 2 aliphatic rings. The Labute approximate surface area is 192 Å². The van der Waals surface area contributed by atoms with Crippen LogP contribution in [0.1, 0.15) is 72.3 Å². The molecule has 4 nitrogen and oxygen atoms in total. The number of carboxylic acid groups (broad SMARTS) is 1. The quantitative estimate of drug-likeness (QED) is 0.548. The molecule has 2 saturated carbocycles. The van der Waals surface area contributed by atoms with E-state index >= 15 is 0 Å². The molecule has 4 heteroatoms. The number of aliphatic carboxylic acids is 1. The van der Waals surface area contributed by atoms with Gasteiger partial charge in [-0.25, -0.2) is 0 Å². The van der Waals surface area contributed by atoms with Gasteiger partial charge in [0.25, 0.3) is 0 Å².